The Labute approximate surface area is 197 Å². The van der Waals surface area contributed by atoms with Crippen molar-refractivity contribution in [3.63, 3.8) is 0 Å². The van der Waals surface area contributed by atoms with Crippen molar-refractivity contribution in [1.29, 1.82) is 0 Å². The molecule has 0 aliphatic heterocycles. The lowest BCUT2D eigenvalue weighted by Gasteiger charge is -2.22. The predicted molar refractivity (Wildman–Crippen MR) is 138 cm³/mol. The van der Waals surface area contributed by atoms with Crippen molar-refractivity contribution in [2.45, 2.75) is 32.7 Å². The Morgan fingerprint density at radius 1 is 0.853 bits per heavy atom. The van der Waals surface area contributed by atoms with Crippen LogP contribution in [0.2, 0.25) is 0 Å². The van der Waals surface area contributed by atoms with E-state index in [1.807, 2.05) is 0 Å². The van der Waals surface area contributed by atoms with Crippen LogP contribution in [0.5, 0.6) is 0 Å². The van der Waals surface area contributed by atoms with Crippen LogP contribution in [0.1, 0.15) is 31.9 Å². The van der Waals surface area contributed by atoms with E-state index in [1.54, 1.807) is 0 Å². The van der Waals surface area contributed by atoms with Gasteiger partial charge in [-0.1, -0.05) is 69.3 Å². The molecule has 5 aromatic carbocycles. The van der Waals surface area contributed by atoms with E-state index in [-0.39, 0.29) is 17.1 Å². The van der Waals surface area contributed by atoms with E-state index in [2.05, 4.69) is 79.9 Å². The van der Waals surface area contributed by atoms with Crippen LogP contribution in [-0.4, -0.2) is 11.0 Å². The van der Waals surface area contributed by atoms with Crippen LogP contribution in [0.4, 0.5) is 16.2 Å². The van der Waals surface area contributed by atoms with Crippen LogP contribution < -0.4 is 10.6 Å². The summed E-state index contributed by atoms with van der Waals surface area (Å²) in [4.78, 5) is 22.8. The fourth-order valence-corrected chi connectivity index (χ4v) is 4.48. The van der Waals surface area contributed by atoms with Crippen molar-refractivity contribution in [1.82, 2.24) is 5.32 Å². The number of hydrogen-bond acceptors (Lipinski definition) is 3. The van der Waals surface area contributed by atoms with Gasteiger partial charge in [0.25, 0.3) is 5.69 Å². The monoisotopic (exact) mass is 451 g/mol. The Kier molecular flexibility index (Phi) is 5.09. The molecule has 2 amide bonds. The third kappa shape index (κ3) is 3.88. The van der Waals surface area contributed by atoms with Crippen molar-refractivity contribution in [3.05, 3.63) is 94.0 Å². The summed E-state index contributed by atoms with van der Waals surface area (Å²) in [5, 5.41) is 23.6. The highest BCUT2D eigenvalue weighted by Gasteiger charge is 2.18. The van der Waals surface area contributed by atoms with E-state index >= 15 is 0 Å². The summed E-state index contributed by atoms with van der Waals surface area (Å²) in [6, 6.07) is 22.8. The van der Waals surface area contributed by atoms with Crippen LogP contribution >= 0.6 is 0 Å². The number of nitrogens with one attached hydrogen (secondary N) is 2. The van der Waals surface area contributed by atoms with Gasteiger partial charge in [-0.15, -0.1) is 0 Å². The molecule has 0 saturated carbocycles. The molecule has 0 aromatic heterocycles. The number of nitro benzene ring substituents is 1. The van der Waals surface area contributed by atoms with Crippen molar-refractivity contribution in [2.24, 2.45) is 0 Å². The number of hydrogen-bond donors (Lipinski definition) is 2. The molecule has 0 bridgehead atoms. The second-order valence-electron chi connectivity index (χ2n) is 9.66. The zero-order chi connectivity index (χ0) is 24.0. The lowest BCUT2D eigenvalue weighted by molar-refractivity contribution is -0.384. The Hall–Kier alpha value is -4.19. The normalized spacial score (nSPS) is 11.9. The zero-order valence-corrected chi connectivity index (χ0v) is 19.3. The number of benzene rings is 5. The molecular formula is C28H25N3O3. The Morgan fingerprint density at radius 3 is 2.12 bits per heavy atom. The summed E-state index contributed by atoms with van der Waals surface area (Å²) in [6.45, 7) is 7.04. The fraction of sp³-hybridized carbons (Fsp3) is 0.179. The maximum atomic E-state index is 12.4. The van der Waals surface area contributed by atoms with Crippen LogP contribution in [0.25, 0.3) is 32.3 Å². The number of urea groups is 1. The molecule has 0 saturated heterocycles. The molecule has 0 unspecified atom stereocenters. The third-order valence-corrected chi connectivity index (χ3v) is 6.33. The van der Waals surface area contributed by atoms with Gasteiger partial charge in [0.1, 0.15) is 0 Å². The second-order valence-corrected chi connectivity index (χ2v) is 9.66. The van der Waals surface area contributed by atoms with Gasteiger partial charge in [-0.2, -0.15) is 0 Å². The van der Waals surface area contributed by atoms with E-state index in [1.165, 1.54) is 56.8 Å². The number of anilines is 1. The molecule has 34 heavy (non-hydrogen) atoms. The highest BCUT2D eigenvalue weighted by Crippen LogP contribution is 2.38. The Balaban J connectivity index is 1.44. The van der Waals surface area contributed by atoms with Gasteiger partial charge in [-0.3, -0.25) is 10.1 Å². The van der Waals surface area contributed by atoms with Crippen molar-refractivity contribution < 1.29 is 9.72 Å². The predicted octanol–water partition coefficient (Wildman–Crippen LogP) is 7.11. The maximum Gasteiger partial charge on any atom is 0.319 e. The molecule has 170 valence electrons. The summed E-state index contributed by atoms with van der Waals surface area (Å²) >= 11 is 0. The van der Waals surface area contributed by atoms with E-state index < -0.39 is 4.92 Å². The molecule has 0 radical (unpaired) electrons. The van der Waals surface area contributed by atoms with E-state index in [4.69, 9.17) is 0 Å². The fourth-order valence-electron chi connectivity index (χ4n) is 4.48. The topological polar surface area (TPSA) is 84.3 Å². The summed E-state index contributed by atoms with van der Waals surface area (Å²) in [5.74, 6) is 0. The summed E-state index contributed by atoms with van der Waals surface area (Å²) < 4.78 is 0. The number of amides is 2. The van der Waals surface area contributed by atoms with Gasteiger partial charge in [-0.05, 0) is 61.0 Å². The van der Waals surface area contributed by atoms with Crippen molar-refractivity contribution in [2.75, 3.05) is 5.32 Å². The molecule has 6 heteroatoms. The molecule has 0 aliphatic rings. The molecule has 0 atom stereocenters. The van der Waals surface area contributed by atoms with Crippen molar-refractivity contribution >= 4 is 49.7 Å². The van der Waals surface area contributed by atoms with Crippen LogP contribution in [0.15, 0.2) is 72.8 Å². The van der Waals surface area contributed by atoms with Gasteiger partial charge in [0, 0.05) is 24.4 Å². The minimum Gasteiger partial charge on any atom is -0.334 e. The maximum absolute atomic E-state index is 12.4. The largest absolute Gasteiger partial charge is 0.334 e. The molecule has 0 aliphatic carbocycles. The number of nitrogens with zero attached hydrogens (tertiary/aromatic N) is 1. The molecule has 5 rings (SSSR count). The number of nitro groups is 1. The quantitative estimate of drug-likeness (QED) is 0.173. The highest BCUT2D eigenvalue weighted by molar-refractivity contribution is 6.23. The average molecular weight is 452 g/mol. The average Bonchev–Trinajstić information content (AvgIpc) is 2.81. The molecule has 6 nitrogen and oxygen atoms in total. The molecule has 0 heterocycles. The van der Waals surface area contributed by atoms with Gasteiger partial charge in [0.2, 0.25) is 0 Å². The van der Waals surface area contributed by atoms with E-state index in [0.717, 1.165) is 10.9 Å². The van der Waals surface area contributed by atoms with E-state index in [9.17, 15) is 14.9 Å². The molecule has 0 spiro atoms. The van der Waals surface area contributed by atoms with Gasteiger partial charge in [0.15, 0.2) is 0 Å². The van der Waals surface area contributed by atoms with Gasteiger partial charge >= 0.3 is 6.03 Å². The SMILES string of the molecule is CC(C)(C)c1cc2ccc3ccc(CNC(=O)Nc4ccc([N+](=O)[O-])cc4)c4ccc(c1)c2c34. The van der Waals surface area contributed by atoms with Gasteiger partial charge in [-0.25, -0.2) is 4.79 Å². The van der Waals surface area contributed by atoms with Gasteiger partial charge < -0.3 is 10.6 Å². The first-order valence-corrected chi connectivity index (χ1v) is 11.2. The first-order valence-electron chi connectivity index (χ1n) is 11.2. The van der Waals surface area contributed by atoms with E-state index in [0.29, 0.717) is 12.2 Å². The Bertz CT molecular complexity index is 1530. The minimum absolute atomic E-state index is 0.0192. The lowest BCUT2D eigenvalue weighted by atomic mass is 9.83. The Morgan fingerprint density at radius 2 is 1.47 bits per heavy atom. The number of non-ortho nitro benzene ring substituents is 1. The summed E-state index contributed by atoms with van der Waals surface area (Å²) in [6.07, 6.45) is 0. The standard InChI is InChI=1S/C28H25N3O3/c1-28(2,3)21-14-18-6-4-17-5-7-20(24-13-8-19(15-21)25(18)26(17)24)16-29-27(32)30-22-9-11-23(12-10-22)31(33)34/h4-15H,16H2,1-3H3,(H2,29,30,32). The minimum atomic E-state index is -0.471. The first kappa shape index (κ1) is 21.6. The number of carbonyl (C=O) groups excluding carboxylic acids is 1. The third-order valence-electron chi connectivity index (χ3n) is 6.33. The molecule has 0 fully saturated rings. The molecule has 2 N–H and O–H groups in total. The first-order chi connectivity index (χ1) is 16.2. The molecular weight excluding hydrogens is 426 g/mol. The van der Waals surface area contributed by atoms with Gasteiger partial charge in [0.05, 0.1) is 4.92 Å². The molecule has 5 aromatic rings. The zero-order valence-electron chi connectivity index (χ0n) is 19.3. The number of rotatable bonds is 4. The lowest BCUT2D eigenvalue weighted by Crippen LogP contribution is -2.28. The summed E-state index contributed by atoms with van der Waals surface area (Å²) in [5.41, 5.74) is 2.88. The highest BCUT2D eigenvalue weighted by atomic mass is 16.6. The summed E-state index contributed by atoms with van der Waals surface area (Å²) in [7, 11) is 0. The number of carbonyl (C=O) groups is 1. The van der Waals surface area contributed by atoms with Crippen molar-refractivity contribution in [3.8, 4) is 0 Å². The second kappa shape index (κ2) is 7.99. The smallest absolute Gasteiger partial charge is 0.319 e. The van der Waals surface area contributed by atoms with Crippen LogP contribution in [-0.2, 0) is 12.0 Å². The van der Waals surface area contributed by atoms with Crippen LogP contribution in [0, 0.1) is 10.1 Å². The van der Waals surface area contributed by atoms with Crippen LogP contribution in [0.3, 0.4) is 0 Å².